The molecule has 0 fully saturated rings. The number of rotatable bonds is 3. The van der Waals surface area contributed by atoms with Crippen molar-refractivity contribution < 1.29 is 29.6 Å². The third-order valence-corrected chi connectivity index (χ3v) is 1.76. The molecule has 0 radical (unpaired) electrons. The summed E-state index contributed by atoms with van der Waals surface area (Å²) in [6.07, 6.45) is 0. The van der Waals surface area contributed by atoms with E-state index in [9.17, 15) is 9.59 Å². The second-order valence-corrected chi connectivity index (χ2v) is 2.60. The summed E-state index contributed by atoms with van der Waals surface area (Å²) in [6.45, 7) is 0. The average molecular weight is 212 g/mol. The zero-order valence-corrected chi connectivity index (χ0v) is 7.76. The molecule has 6 heteroatoms. The summed E-state index contributed by atoms with van der Waals surface area (Å²) in [5.41, 5.74) is -0.542. The van der Waals surface area contributed by atoms with E-state index in [2.05, 4.69) is 4.89 Å². The molecule has 1 aromatic carbocycles. The average Bonchev–Trinajstić information content (AvgIpc) is 2.27. The minimum Gasteiger partial charge on any atom is -0.497 e. The van der Waals surface area contributed by atoms with Gasteiger partial charge in [0, 0.05) is 0 Å². The summed E-state index contributed by atoms with van der Waals surface area (Å²) >= 11 is 0. The predicted molar refractivity (Wildman–Crippen MR) is 48.0 cm³/mol. The summed E-state index contributed by atoms with van der Waals surface area (Å²) in [6, 6.07) is 3.74. The van der Waals surface area contributed by atoms with E-state index in [0.717, 1.165) is 6.07 Å². The topological polar surface area (TPSA) is 93.1 Å². The molecule has 0 aliphatic carbocycles. The van der Waals surface area contributed by atoms with Gasteiger partial charge in [0.1, 0.15) is 5.75 Å². The molecule has 15 heavy (non-hydrogen) atoms. The molecule has 0 aromatic heterocycles. The fourth-order valence-corrected chi connectivity index (χ4v) is 1.05. The summed E-state index contributed by atoms with van der Waals surface area (Å²) in [4.78, 5) is 25.2. The Labute approximate surface area is 84.6 Å². The number of hydrogen-bond donors (Lipinski definition) is 2. The minimum atomic E-state index is -1.31. The van der Waals surface area contributed by atoms with Crippen molar-refractivity contribution in [3.05, 3.63) is 29.3 Å². The first-order valence-electron chi connectivity index (χ1n) is 3.87. The highest BCUT2D eigenvalue weighted by Crippen LogP contribution is 2.18. The maximum absolute atomic E-state index is 11.0. The number of carbonyl (C=O) groups is 2. The molecule has 80 valence electrons. The van der Waals surface area contributed by atoms with E-state index in [1.165, 1.54) is 19.2 Å². The minimum absolute atomic E-state index is 0.245. The van der Waals surface area contributed by atoms with Gasteiger partial charge in [-0.15, -0.1) is 0 Å². The molecule has 0 saturated heterocycles. The van der Waals surface area contributed by atoms with Crippen molar-refractivity contribution in [1.29, 1.82) is 0 Å². The zero-order chi connectivity index (χ0) is 11.4. The molecule has 1 aromatic rings. The largest absolute Gasteiger partial charge is 0.497 e. The number of carbonyl (C=O) groups excluding carboxylic acids is 1. The number of benzene rings is 1. The van der Waals surface area contributed by atoms with Gasteiger partial charge in [-0.25, -0.2) is 9.59 Å². The van der Waals surface area contributed by atoms with Crippen molar-refractivity contribution >= 4 is 11.9 Å². The van der Waals surface area contributed by atoms with Crippen molar-refractivity contribution in [2.75, 3.05) is 7.11 Å². The van der Waals surface area contributed by atoms with Crippen LogP contribution in [-0.4, -0.2) is 29.4 Å². The van der Waals surface area contributed by atoms with Crippen LogP contribution in [0.1, 0.15) is 20.7 Å². The highest BCUT2D eigenvalue weighted by atomic mass is 17.1. The molecule has 0 unspecified atom stereocenters. The molecule has 2 N–H and O–H groups in total. The fraction of sp³-hybridized carbons (Fsp3) is 0.111. The van der Waals surface area contributed by atoms with Crippen molar-refractivity contribution in [2.45, 2.75) is 0 Å². The first kappa shape index (κ1) is 11.0. The lowest BCUT2D eigenvalue weighted by molar-refractivity contribution is -0.182. The normalized spacial score (nSPS) is 9.47. The monoisotopic (exact) mass is 212 g/mol. The van der Waals surface area contributed by atoms with Crippen LogP contribution in [0.4, 0.5) is 0 Å². The van der Waals surface area contributed by atoms with E-state index in [0.29, 0.717) is 5.75 Å². The van der Waals surface area contributed by atoms with Gasteiger partial charge in [0.15, 0.2) is 0 Å². The SMILES string of the molecule is COc1ccc(C(=O)OO)c(C(=O)O)c1. The molecule has 0 atom stereocenters. The molecule has 0 aliphatic heterocycles. The van der Waals surface area contributed by atoms with Gasteiger partial charge in [-0.3, -0.25) is 4.89 Å². The quantitative estimate of drug-likeness (QED) is 0.574. The van der Waals surface area contributed by atoms with Crippen LogP contribution < -0.4 is 4.74 Å². The number of hydrogen-bond acceptors (Lipinski definition) is 5. The van der Waals surface area contributed by atoms with E-state index in [4.69, 9.17) is 15.1 Å². The van der Waals surface area contributed by atoms with Crippen LogP contribution in [0, 0.1) is 0 Å². The molecule has 0 aliphatic rings. The van der Waals surface area contributed by atoms with Gasteiger partial charge in [0.2, 0.25) is 0 Å². The van der Waals surface area contributed by atoms with E-state index in [-0.39, 0.29) is 11.1 Å². The van der Waals surface area contributed by atoms with E-state index in [1.54, 1.807) is 0 Å². The van der Waals surface area contributed by atoms with Crippen LogP contribution in [0.25, 0.3) is 0 Å². The first-order valence-corrected chi connectivity index (χ1v) is 3.87. The fourth-order valence-electron chi connectivity index (χ4n) is 1.05. The Morgan fingerprint density at radius 3 is 2.40 bits per heavy atom. The maximum Gasteiger partial charge on any atom is 0.373 e. The van der Waals surface area contributed by atoms with Crippen LogP contribution in [0.15, 0.2) is 18.2 Å². The Morgan fingerprint density at radius 2 is 1.93 bits per heavy atom. The molecule has 0 bridgehead atoms. The predicted octanol–water partition coefficient (Wildman–Crippen LogP) is 1.02. The third-order valence-electron chi connectivity index (χ3n) is 1.76. The Kier molecular flexibility index (Phi) is 3.25. The second-order valence-electron chi connectivity index (χ2n) is 2.60. The Morgan fingerprint density at radius 1 is 1.27 bits per heavy atom. The number of methoxy groups -OCH3 is 1. The number of carboxylic acid groups (broad SMARTS) is 1. The molecule has 0 spiro atoms. The van der Waals surface area contributed by atoms with Gasteiger partial charge in [-0.1, -0.05) is 0 Å². The maximum atomic E-state index is 11.0. The van der Waals surface area contributed by atoms with Crippen molar-refractivity contribution in [3.63, 3.8) is 0 Å². The van der Waals surface area contributed by atoms with E-state index >= 15 is 0 Å². The molecule has 6 nitrogen and oxygen atoms in total. The Balaban J connectivity index is 3.27. The summed E-state index contributed by atoms with van der Waals surface area (Å²) in [5, 5.41) is 16.9. The lowest BCUT2D eigenvalue weighted by Gasteiger charge is -2.05. The lowest BCUT2D eigenvalue weighted by atomic mass is 10.1. The van der Waals surface area contributed by atoms with Crippen molar-refractivity contribution in [1.82, 2.24) is 0 Å². The highest BCUT2D eigenvalue weighted by Gasteiger charge is 2.18. The van der Waals surface area contributed by atoms with Crippen molar-refractivity contribution in [3.8, 4) is 5.75 Å². The molecular weight excluding hydrogens is 204 g/mol. The van der Waals surface area contributed by atoms with Gasteiger partial charge in [-0.05, 0) is 18.2 Å². The van der Waals surface area contributed by atoms with Crippen LogP contribution in [0.2, 0.25) is 0 Å². The Hall–Kier alpha value is -2.08. The summed E-state index contributed by atoms with van der Waals surface area (Å²) in [7, 11) is 1.37. The number of ether oxygens (including phenoxy) is 1. The molecular formula is C9H8O6. The molecule has 0 amide bonds. The van der Waals surface area contributed by atoms with Crippen LogP contribution in [0.5, 0.6) is 5.75 Å². The zero-order valence-electron chi connectivity index (χ0n) is 7.76. The second kappa shape index (κ2) is 4.43. The number of aromatic carboxylic acids is 1. The van der Waals surface area contributed by atoms with Gasteiger partial charge in [0.25, 0.3) is 0 Å². The summed E-state index contributed by atoms with van der Waals surface area (Å²) < 4.78 is 4.80. The molecule has 1 rings (SSSR count). The third kappa shape index (κ3) is 2.23. The van der Waals surface area contributed by atoms with Gasteiger partial charge in [-0.2, -0.15) is 5.26 Å². The van der Waals surface area contributed by atoms with Crippen LogP contribution in [-0.2, 0) is 4.89 Å². The summed E-state index contributed by atoms with van der Waals surface area (Å²) in [5.74, 6) is -2.15. The van der Waals surface area contributed by atoms with Gasteiger partial charge in [0.05, 0.1) is 18.2 Å². The van der Waals surface area contributed by atoms with Crippen LogP contribution in [0.3, 0.4) is 0 Å². The van der Waals surface area contributed by atoms with E-state index in [1.807, 2.05) is 0 Å². The molecule has 0 saturated carbocycles. The first-order chi connectivity index (χ1) is 7.10. The number of carboxylic acids is 1. The van der Waals surface area contributed by atoms with E-state index < -0.39 is 11.9 Å². The Bertz CT molecular complexity index is 398. The lowest BCUT2D eigenvalue weighted by Crippen LogP contribution is -2.10. The molecule has 0 heterocycles. The standard InChI is InChI=1S/C9H8O6/c1-14-5-2-3-6(9(12)15-13)7(4-5)8(10)11/h2-4,13H,1H3,(H,10,11). The van der Waals surface area contributed by atoms with Gasteiger partial charge >= 0.3 is 11.9 Å². The van der Waals surface area contributed by atoms with Gasteiger partial charge < -0.3 is 9.84 Å². The smallest absolute Gasteiger partial charge is 0.373 e. The highest BCUT2D eigenvalue weighted by molar-refractivity contribution is 6.02. The van der Waals surface area contributed by atoms with Crippen molar-refractivity contribution in [2.24, 2.45) is 0 Å². The van der Waals surface area contributed by atoms with Crippen LogP contribution >= 0.6 is 0 Å².